The van der Waals surface area contributed by atoms with Crippen molar-refractivity contribution >= 4 is 11.4 Å². The summed E-state index contributed by atoms with van der Waals surface area (Å²) in [6, 6.07) is 19.9. The Kier molecular flexibility index (Phi) is 3.80. The third-order valence-electron chi connectivity index (χ3n) is 4.59. The Morgan fingerprint density at radius 2 is 1.36 bits per heavy atom. The maximum atomic E-state index is 12.6. The molecule has 0 aliphatic carbocycles. The van der Waals surface area contributed by atoms with Gasteiger partial charge in [0, 0.05) is 16.2 Å². The summed E-state index contributed by atoms with van der Waals surface area (Å²) in [6.07, 6.45) is 1.69. The van der Waals surface area contributed by atoms with Gasteiger partial charge in [0.05, 0.1) is 0 Å². The molecule has 0 unspecified atom stereocenters. The molecule has 2 aromatic rings. The summed E-state index contributed by atoms with van der Waals surface area (Å²) in [6.45, 7) is 4.26. The standard InChI is InChI=1S/C19H20N2O/c1-3-19(4-2)17(15-11-7-5-8-12-15)20-21(22)18(19)16-13-9-6-10-14-16/h5-14H,3-4H2,1-2H3. The fraction of sp³-hybridized carbons (Fsp3) is 0.263. The van der Waals surface area contributed by atoms with Crippen molar-refractivity contribution in [2.75, 3.05) is 0 Å². The molecule has 0 radical (unpaired) electrons. The van der Waals surface area contributed by atoms with E-state index in [2.05, 4.69) is 18.9 Å². The minimum atomic E-state index is -0.329. The monoisotopic (exact) mass is 292 g/mol. The van der Waals surface area contributed by atoms with Crippen LogP contribution in [-0.4, -0.2) is 16.3 Å². The van der Waals surface area contributed by atoms with E-state index < -0.39 is 0 Å². The minimum Gasteiger partial charge on any atom is -0.594 e. The number of hydrazone groups is 1. The molecule has 0 fully saturated rings. The zero-order valence-electron chi connectivity index (χ0n) is 13.0. The van der Waals surface area contributed by atoms with Gasteiger partial charge in [-0.3, -0.25) is 0 Å². The Balaban J connectivity index is 2.16. The highest BCUT2D eigenvalue weighted by Gasteiger charge is 2.50. The quantitative estimate of drug-likeness (QED) is 0.614. The van der Waals surface area contributed by atoms with Gasteiger partial charge >= 0.3 is 0 Å². The van der Waals surface area contributed by atoms with E-state index in [-0.39, 0.29) is 5.41 Å². The van der Waals surface area contributed by atoms with Crippen LogP contribution in [0.4, 0.5) is 0 Å². The molecule has 0 spiro atoms. The van der Waals surface area contributed by atoms with E-state index in [1.165, 1.54) is 0 Å². The molecule has 0 N–H and O–H groups in total. The first-order valence-corrected chi connectivity index (χ1v) is 7.77. The van der Waals surface area contributed by atoms with Crippen molar-refractivity contribution in [3.8, 4) is 0 Å². The van der Waals surface area contributed by atoms with Crippen LogP contribution in [0.3, 0.4) is 0 Å². The van der Waals surface area contributed by atoms with E-state index in [9.17, 15) is 5.21 Å². The molecular formula is C19H20N2O. The van der Waals surface area contributed by atoms with Gasteiger partial charge in [0.25, 0.3) is 0 Å². The summed E-state index contributed by atoms with van der Waals surface area (Å²) in [5.74, 6) is 0. The number of benzene rings is 2. The van der Waals surface area contributed by atoms with Crippen LogP contribution < -0.4 is 0 Å². The molecule has 22 heavy (non-hydrogen) atoms. The Bertz CT molecular complexity index is 714. The van der Waals surface area contributed by atoms with E-state index in [4.69, 9.17) is 0 Å². The molecule has 0 aromatic heterocycles. The lowest BCUT2D eigenvalue weighted by Gasteiger charge is -2.26. The molecule has 0 amide bonds. The second-order valence-electron chi connectivity index (χ2n) is 5.59. The van der Waals surface area contributed by atoms with Crippen LogP contribution in [0, 0.1) is 10.6 Å². The van der Waals surface area contributed by atoms with Crippen LogP contribution in [0.2, 0.25) is 0 Å². The van der Waals surface area contributed by atoms with Crippen LogP contribution >= 0.6 is 0 Å². The lowest BCUT2D eigenvalue weighted by Crippen LogP contribution is -2.37. The molecule has 3 heteroatoms. The van der Waals surface area contributed by atoms with E-state index in [0.29, 0.717) is 0 Å². The van der Waals surface area contributed by atoms with Crippen LogP contribution in [0.1, 0.15) is 37.8 Å². The lowest BCUT2D eigenvalue weighted by molar-refractivity contribution is -0.460. The largest absolute Gasteiger partial charge is 0.594 e. The van der Waals surface area contributed by atoms with Crippen LogP contribution in [0.5, 0.6) is 0 Å². The van der Waals surface area contributed by atoms with Gasteiger partial charge in [0.15, 0.2) is 0 Å². The Labute approximate surface area is 131 Å². The second-order valence-corrected chi connectivity index (χ2v) is 5.59. The van der Waals surface area contributed by atoms with Crippen molar-refractivity contribution in [1.29, 1.82) is 0 Å². The van der Waals surface area contributed by atoms with Crippen LogP contribution in [0.15, 0.2) is 65.8 Å². The van der Waals surface area contributed by atoms with Gasteiger partial charge in [-0.05, 0) is 25.0 Å². The SMILES string of the molecule is CCC1(CC)C(c2ccccc2)=N[N+]([O-])=C1c1ccccc1. The van der Waals surface area contributed by atoms with E-state index in [1.54, 1.807) is 0 Å². The van der Waals surface area contributed by atoms with Gasteiger partial charge in [-0.2, -0.15) is 0 Å². The summed E-state index contributed by atoms with van der Waals surface area (Å²) in [4.78, 5) is 0.824. The molecule has 3 nitrogen and oxygen atoms in total. The maximum Gasteiger partial charge on any atom is 0.241 e. The highest BCUT2D eigenvalue weighted by atomic mass is 16.5. The topological polar surface area (TPSA) is 38.4 Å². The first-order chi connectivity index (χ1) is 10.7. The Hall–Kier alpha value is -2.42. The van der Waals surface area contributed by atoms with Crippen molar-refractivity contribution in [2.24, 2.45) is 10.5 Å². The molecule has 1 heterocycles. The average molecular weight is 292 g/mol. The number of rotatable bonds is 4. The molecule has 0 atom stereocenters. The molecule has 112 valence electrons. The van der Waals surface area contributed by atoms with Gasteiger partial charge in [-0.25, -0.2) is 0 Å². The van der Waals surface area contributed by atoms with Gasteiger partial charge in [-0.1, -0.05) is 67.2 Å². The summed E-state index contributed by atoms with van der Waals surface area (Å²) >= 11 is 0. The zero-order valence-corrected chi connectivity index (χ0v) is 13.0. The van der Waals surface area contributed by atoms with Gasteiger partial charge in [0.1, 0.15) is 11.1 Å². The number of hydrogen-bond acceptors (Lipinski definition) is 2. The fourth-order valence-corrected chi connectivity index (χ4v) is 3.36. The van der Waals surface area contributed by atoms with Crippen LogP contribution in [-0.2, 0) is 0 Å². The first kappa shape index (κ1) is 14.5. The van der Waals surface area contributed by atoms with Gasteiger partial charge in [-0.15, -0.1) is 0 Å². The summed E-state index contributed by atoms with van der Waals surface area (Å²) in [5, 5.41) is 17.0. The number of nitrogens with zero attached hydrogens (tertiary/aromatic N) is 2. The maximum absolute atomic E-state index is 12.6. The lowest BCUT2D eigenvalue weighted by atomic mass is 9.70. The van der Waals surface area contributed by atoms with Crippen LogP contribution in [0.25, 0.3) is 0 Å². The summed E-state index contributed by atoms with van der Waals surface area (Å²) < 4.78 is 0. The highest BCUT2D eigenvalue weighted by Crippen LogP contribution is 2.39. The molecule has 3 rings (SSSR count). The first-order valence-electron chi connectivity index (χ1n) is 7.77. The predicted octanol–water partition coefficient (Wildman–Crippen LogP) is 4.21. The second kappa shape index (κ2) is 5.76. The van der Waals surface area contributed by atoms with Crippen molar-refractivity contribution < 1.29 is 4.85 Å². The smallest absolute Gasteiger partial charge is 0.241 e. The number of hydrogen-bond donors (Lipinski definition) is 0. The minimum absolute atomic E-state index is 0.329. The average Bonchev–Trinajstić information content (AvgIpc) is 2.89. The third kappa shape index (κ3) is 2.13. The normalized spacial score (nSPS) is 16.7. The van der Waals surface area contributed by atoms with E-state index >= 15 is 0 Å². The Morgan fingerprint density at radius 3 is 1.86 bits per heavy atom. The molecule has 0 bridgehead atoms. The van der Waals surface area contributed by atoms with Gasteiger partial charge in [0.2, 0.25) is 5.71 Å². The molecular weight excluding hydrogens is 272 g/mol. The van der Waals surface area contributed by atoms with E-state index in [1.807, 2.05) is 60.7 Å². The zero-order chi connectivity index (χ0) is 15.6. The molecule has 1 aliphatic rings. The fourth-order valence-electron chi connectivity index (χ4n) is 3.36. The molecule has 0 saturated carbocycles. The van der Waals surface area contributed by atoms with Crippen molar-refractivity contribution in [3.63, 3.8) is 0 Å². The molecule has 0 saturated heterocycles. The molecule has 1 aliphatic heterocycles. The highest BCUT2D eigenvalue weighted by molar-refractivity contribution is 6.23. The van der Waals surface area contributed by atoms with E-state index in [0.717, 1.165) is 40.2 Å². The van der Waals surface area contributed by atoms with Crippen molar-refractivity contribution in [3.05, 3.63) is 77.0 Å². The summed E-state index contributed by atoms with van der Waals surface area (Å²) in [7, 11) is 0. The van der Waals surface area contributed by atoms with Gasteiger partial charge < -0.3 is 5.21 Å². The van der Waals surface area contributed by atoms with Crippen molar-refractivity contribution in [1.82, 2.24) is 0 Å². The molecule has 2 aromatic carbocycles. The van der Waals surface area contributed by atoms with Crippen molar-refractivity contribution in [2.45, 2.75) is 26.7 Å². The predicted molar refractivity (Wildman–Crippen MR) is 90.2 cm³/mol. The Morgan fingerprint density at radius 1 is 0.864 bits per heavy atom. The summed E-state index contributed by atoms with van der Waals surface area (Å²) in [5.41, 5.74) is 3.29. The third-order valence-corrected chi connectivity index (χ3v) is 4.59.